The average molecular weight is 275 g/mol. The summed E-state index contributed by atoms with van der Waals surface area (Å²) in [6, 6.07) is 3.75. The Morgan fingerprint density at radius 2 is 2.20 bits per heavy atom. The zero-order chi connectivity index (χ0) is 14.4. The molecule has 1 aromatic rings. The van der Waals surface area contributed by atoms with Gasteiger partial charge in [-0.25, -0.2) is 4.98 Å². The Morgan fingerprint density at radius 3 is 2.85 bits per heavy atom. The van der Waals surface area contributed by atoms with Crippen LogP contribution in [0.5, 0.6) is 0 Å². The van der Waals surface area contributed by atoms with Gasteiger partial charge in [0.2, 0.25) is 0 Å². The first-order valence-electron chi connectivity index (χ1n) is 7.73. The van der Waals surface area contributed by atoms with E-state index in [1.165, 1.54) is 12.8 Å². The van der Waals surface area contributed by atoms with Gasteiger partial charge in [-0.1, -0.05) is 13.3 Å². The lowest BCUT2D eigenvalue weighted by molar-refractivity contribution is 0.0754. The van der Waals surface area contributed by atoms with Gasteiger partial charge < -0.3 is 10.2 Å². The third-order valence-corrected chi connectivity index (χ3v) is 4.08. The van der Waals surface area contributed by atoms with E-state index in [0.29, 0.717) is 5.69 Å². The number of hydrogen-bond acceptors (Lipinski definition) is 3. The van der Waals surface area contributed by atoms with Crippen molar-refractivity contribution in [3.63, 3.8) is 0 Å². The maximum atomic E-state index is 12.5. The Kier molecular flexibility index (Phi) is 5.39. The molecule has 2 heterocycles. The number of likely N-dealkylation sites (tertiary alicyclic amines) is 1. The summed E-state index contributed by atoms with van der Waals surface area (Å²) in [5, 5.41) is 3.19. The molecule has 20 heavy (non-hydrogen) atoms. The van der Waals surface area contributed by atoms with Crippen LogP contribution in [0, 0.1) is 5.92 Å². The number of nitrogens with one attached hydrogen (secondary N) is 1. The lowest BCUT2D eigenvalue weighted by atomic mass is 9.98. The molecule has 1 aliphatic rings. The Morgan fingerprint density at radius 1 is 1.35 bits per heavy atom. The number of carbonyl (C=O) groups excluding carboxylic acids is 1. The van der Waals surface area contributed by atoms with Gasteiger partial charge in [-0.2, -0.15) is 0 Å². The molecule has 0 radical (unpaired) electrons. The molecule has 1 aliphatic heterocycles. The van der Waals surface area contributed by atoms with E-state index in [4.69, 9.17) is 0 Å². The van der Waals surface area contributed by atoms with Gasteiger partial charge in [0.15, 0.2) is 0 Å². The highest BCUT2D eigenvalue weighted by Crippen LogP contribution is 2.21. The van der Waals surface area contributed by atoms with E-state index < -0.39 is 0 Å². The summed E-state index contributed by atoms with van der Waals surface area (Å²) in [6.07, 6.45) is 6.44. The quantitative estimate of drug-likeness (QED) is 0.918. The zero-order valence-electron chi connectivity index (χ0n) is 12.6. The van der Waals surface area contributed by atoms with Crippen molar-refractivity contribution in [3.05, 3.63) is 24.0 Å². The monoisotopic (exact) mass is 275 g/mol. The van der Waals surface area contributed by atoms with E-state index in [2.05, 4.69) is 17.2 Å². The largest absolute Gasteiger partial charge is 0.384 e. The highest BCUT2D eigenvalue weighted by molar-refractivity contribution is 5.92. The van der Waals surface area contributed by atoms with Gasteiger partial charge in [-0.05, 0) is 44.2 Å². The number of nitrogens with zero attached hydrogens (tertiary/aromatic N) is 2. The maximum Gasteiger partial charge on any atom is 0.272 e. The molecule has 1 aromatic heterocycles. The molecule has 0 bridgehead atoms. The van der Waals surface area contributed by atoms with Gasteiger partial charge in [-0.15, -0.1) is 0 Å². The van der Waals surface area contributed by atoms with Crippen LogP contribution >= 0.6 is 0 Å². The smallest absolute Gasteiger partial charge is 0.272 e. The second-order valence-electron chi connectivity index (χ2n) is 5.46. The fourth-order valence-electron chi connectivity index (χ4n) is 2.77. The molecule has 0 spiro atoms. The van der Waals surface area contributed by atoms with Gasteiger partial charge in [-0.3, -0.25) is 4.79 Å². The molecule has 1 unspecified atom stereocenters. The second-order valence-corrected chi connectivity index (χ2v) is 5.46. The molecule has 1 amide bonds. The van der Waals surface area contributed by atoms with Crippen molar-refractivity contribution in [3.8, 4) is 0 Å². The van der Waals surface area contributed by atoms with Crippen LogP contribution < -0.4 is 5.32 Å². The summed E-state index contributed by atoms with van der Waals surface area (Å²) in [6.45, 7) is 6.88. The second kappa shape index (κ2) is 7.27. The van der Waals surface area contributed by atoms with Crippen molar-refractivity contribution in [2.45, 2.75) is 39.5 Å². The molecule has 4 nitrogen and oxygen atoms in total. The fourth-order valence-corrected chi connectivity index (χ4v) is 2.77. The molecular weight excluding hydrogens is 250 g/mol. The van der Waals surface area contributed by atoms with Crippen LogP contribution in [0.2, 0.25) is 0 Å². The predicted octanol–water partition coefficient (Wildman–Crippen LogP) is 3.17. The highest BCUT2D eigenvalue weighted by atomic mass is 16.2. The van der Waals surface area contributed by atoms with Crippen LogP contribution in [0.3, 0.4) is 0 Å². The minimum Gasteiger partial charge on any atom is -0.384 e. The van der Waals surface area contributed by atoms with Crippen molar-refractivity contribution < 1.29 is 4.79 Å². The first kappa shape index (κ1) is 14.8. The molecule has 0 saturated carbocycles. The van der Waals surface area contributed by atoms with Gasteiger partial charge >= 0.3 is 0 Å². The minimum absolute atomic E-state index is 0.0739. The first-order chi connectivity index (χ1) is 9.74. The van der Waals surface area contributed by atoms with E-state index in [0.717, 1.165) is 44.1 Å². The predicted molar refractivity (Wildman–Crippen MR) is 81.9 cm³/mol. The summed E-state index contributed by atoms with van der Waals surface area (Å²) in [5.74, 6) is 0.849. The standard InChI is InChI=1S/C16H25N3O/c1-3-13-6-5-10-19(11-9-13)16(20)15-8-7-14(12-18-15)17-4-2/h7-8,12-13,17H,3-6,9-11H2,1-2H3. The first-order valence-corrected chi connectivity index (χ1v) is 7.73. The number of amides is 1. The molecule has 1 N–H and O–H groups in total. The van der Waals surface area contributed by atoms with Crippen LogP contribution in [-0.4, -0.2) is 35.4 Å². The Bertz CT molecular complexity index is 430. The lowest BCUT2D eigenvalue weighted by Crippen LogP contribution is -2.32. The van der Waals surface area contributed by atoms with E-state index in [-0.39, 0.29) is 5.91 Å². The van der Waals surface area contributed by atoms with Gasteiger partial charge in [0, 0.05) is 19.6 Å². The fraction of sp³-hybridized carbons (Fsp3) is 0.625. The molecule has 1 fully saturated rings. The molecule has 1 saturated heterocycles. The lowest BCUT2D eigenvalue weighted by Gasteiger charge is -2.20. The SMILES string of the molecule is CCNc1ccc(C(=O)N2CCCC(CC)CC2)nc1. The van der Waals surface area contributed by atoms with E-state index in [1.54, 1.807) is 6.20 Å². The Balaban J connectivity index is 1.99. The molecular formula is C16H25N3O. The van der Waals surface area contributed by atoms with Gasteiger partial charge in [0.25, 0.3) is 5.91 Å². The molecule has 2 rings (SSSR count). The van der Waals surface area contributed by atoms with E-state index in [9.17, 15) is 4.79 Å². The number of hydrogen-bond donors (Lipinski definition) is 1. The Labute approximate surface area is 121 Å². The third kappa shape index (κ3) is 3.71. The van der Waals surface area contributed by atoms with Crippen LogP contribution in [0.25, 0.3) is 0 Å². The van der Waals surface area contributed by atoms with Crippen molar-refractivity contribution in [2.24, 2.45) is 5.92 Å². The number of carbonyl (C=O) groups is 1. The Hall–Kier alpha value is -1.58. The molecule has 0 aliphatic carbocycles. The summed E-state index contributed by atoms with van der Waals surface area (Å²) < 4.78 is 0. The topological polar surface area (TPSA) is 45.2 Å². The zero-order valence-corrected chi connectivity index (χ0v) is 12.6. The number of aromatic nitrogens is 1. The summed E-state index contributed by atoms with van der Waals surface area (Å²) in [4.78, 5) is 18.7. The van der Waals surface area contributed by atoms with Crippen molar-refractivity contribution in [2.75, 3.05) is 25.0 Å². The molecule has 1 atom stereocenters. The summed E-state index contributed by atoms with van der Waals surface area (Å²) in [5.41, 5.74) is 1.52. The molecule has 110 valence electrons. The average Bonchev–Trinajstić information content (AvgIpc) is 2.73. The normalized spacial score (nSPS) is 19.5. The van der Waals surface area contributed by atoms with Gasteiger partial charge in [0.1, 0.15) is 5.69 Å². The number of anilines is 1. The van der Waals surface area contributed by atoms with Crippen LogP contribution in [0.4, 0.5) is 5.69 Å². The summed E-state index contributed by atoms with van der Waals surface area (Å²) >= 11 is 0. The van der Waals surface area contributed by atoms with E-state index in [1.807, 2.05) is 24.0 Å². The van der Waals surface area contributed by atoms with Crippen LogP contribution in [0.15, 0.2) is 18.3 Å². The van der Waals surface area contributed by atoms with Crippen LogP contribution in [-0.2, 0) is 0 Å². The van der Waals surface area contributed by atoms with Crippen molar-refractivity contribution in [1.29, 1.82) is 0 Å². The summed E-state index contributed by atoms with van der Waals surface area (Å²) in [7, 11) is 0. The number of rotatable bonds is 4. The highest BCUT2D eigenvalue weighted by Gasteiger charge is 2.21. The van der Waals surface area contributed by atoms with Crippen molar-refractivity contribution >= 4 is 11.6 Å². The van der Waals surface area contributed by atoms with Crippen molar-refractivity contribution in [1.82, 2.24) is 9.88 Å². The van der Waals surface area contributed by atoms with Gasteiger partial charge in [0.05, 0.1) is 11.9 Å². The number of pyridine rings is 1. The minimum atomic E-state index is 0.0739. The van der Waals surface area contributed by atoms with Crippen LogP contribution in [0.1, 0.15) is 50.0 Å². The van der Waals surface area contributed by atoms with E-state index >= 15 is 0 Å². The maximum absolute atomic E-state index is 12.5. The third-order valence-electron chi connectivity index (χ3n) is 4.08. The molecule has 0 aromatic carbocycles. The molecule has 4 heteroatoms.